The van der Waals surface area contributed by atoms with Crippen LogP contribution in [0.15, 0.2) is 36.8 Å². The van der Waals surface area contributed by atoms with Gasteiger partial charge in [0.2, 0.25) is 10.0 Å². The summed E-state index contributed by atoms with van der Waals surface area (Å²) in [5, 5.41) is 8.13. The maximum atomic E-state index is 14.7. The smallest absolute Gasteiger partial charge is 0.232 e. The number of hydrogen-bond donors (Lipinski definition) is 1. The van der Waals surface area contributed by atoms with Gasteiger partial charge in [0.25, 0.3) is 0 Å². The van der Waals surface area contributed by atoms with Gasteiger partial charge in [-0.2, -0.15) is 0 Å². The first-order chi connectivity index (χ1) is 16.7. The van der Waals surface area contributed by atoms with Crippen LogP contribution in [0.3, 0.4) is 0 Å². The molecule has 3 aromatic rings. The van der Waals surface area contributed by atoms with Crippen molar-refractivity contribution < 1.29 is 12.8 Å². The Morgan fingerprint density at radius 1 is 1.17 bits per heavy atom. The fraction of sp³-hybridized carbons (Fsp3) is 0.435. The second-order valence-electron chi connectivity index (χ2n) is 8.78. The topological polar surface area (TPSA) is 96.2 Å². The summed E-state index contributed by atoms with van der Waals surface area (Å²) in [6.07, 6.45) is 5.48. The second-order valence-corrected chi connectivity index (χ2v) is 11.0. The van der Waals surface area contributed by atoms with Gasteiger partial charge in [0, 0.05) is 44.0 Å². The van der Waals surface area contributed by atoms with Gasteiger partial charge in [-0.1, -0.05) is 23.7 Å². The van der Waals surface area contributed by atoms with Crippen molar-refractivity contribution in [1.82, 2.24) is 24.9 Å². The molecule has 0 radical (unpaired) electrons. The Balaban J connectivity index is 1.59. The fourth-order valence-electron chi connectivity index (χ4n) is 4.06. The number of benzene rings is 1. The lowest BCUT2D eigenvalue weighted by atomic mass is 10.2. The molecule has 4 rings (SSSR count). The SMILES string of the molecule is CCCS(=O)(=O)Nc1ccc(F)c(-n2cc(-c3cncc(N4CCN(C(C)C)CC4)c3)nn2)c1Cl. The Kier molecular flexibility index (Phi) is 7.58. The molecule has 35 heavy (non-hydrogen) atoms. The summed E-state index contributed by atoms with van der Waals surface area (Å²) < 4.78 is 42.7. The molecule has 12 heteroatoms. The van der Waals surface area contributed by atoms with Crippen LogP contribution in [-0.4, -0.2) is 71.3 Å². The minimum absolute atomic E-state index is 0.0701. The monoisotopic (exact) mass is 521 g/mol. The van der Waals surface area contributed by atoms with E-state index in [4.69, 9.17) is 11.6 Å². The van der Waals surface area contributed by atoms with Gasteiger partial charge in [0.1, 0.15) is 11.4 Å². The number of sulfonamides is 1. The zero-order valence-corrected chi connectivity index (χ0v) is 21.5. The van der Waals surface area contributed by atoms with Crippen LogP contribution in [0, 0.1) is 5.82 Å². The van der Waals surface area contributed by atoms with E-state index in [-0.39, 0.29) is 22.2 Å². The summed E-state index contributed by atoms with van der Waals surface area (Å²) >= 11 is 6.39. The van der Waals surface area contributed by atoms with Crippen LogP contribution in [0.25, 0.3) is 16.9 Å². The van der Waals surface area contributed by atoms with E-state index < -0.39 is 15.8 Å². The zero-order valence-electron chi connectivity index (χ0n) is 19.9. The molecule has 0 unspecified atom stereocenters. The minimum Gasteiger partial charge on any atom is -0.368 e. The quantitative estimate of drug-likeness (QED) is 0.481. The second kappa shape index (κ2) is 10.5. The van der Waals surface area contributed by atoms with Crippen molar-refractivity contribution in [1.29, 1.82) is 0 Å². The highest BCUT2D eigenvalue weighted by Crippen LogP contribution is 2.32. The number of anilines is 2. The molecule has 1 aliphatic heterocycles. The number of aromatic nitrogens is 4. The molecule has 1 N–H and O–H groups in total. The number of nitrogens with one attached hydrogen (secondary N) is 1. The predicted molar refractivity (Wildman–Crippen MR) is 136 cm³/mol. The van der Waals surface area contributed by atoms with E-state index in [1.165, 1.54) is 10.7 Å². The lowest BCUT2D eigenvalue weighted by molar-refractivity contribution is 0.209. The fourth-order valence-corrected chi connectivity index (χ4v) is 5.55. The van der Waals surface area contributed by atoms with Crippen LogP contribution in [-0.2, 0) is 10.0 Å². The number of rotatable bonds is 8. The highest BCUT2D eigenvalue weighted by atomic mass is 35.5. The van der Waals surface area contributed by atoms with Crippen LogP contribution >= 0.6 is 11.6 Å². The summed E-state index contributed by atoms with van der Waals surface area (Å²) in [4.78, 5) is 9.09. The highest BCUT2D eigenvalue weighted by molar-refractivity contribution is 7.92. The van der Waals surface area contributed by atoms with Gasteiger partial charge in [-0.25, -0.2) is 17.5 Å². The lowest BCUT2D eigenvalue weighted by Gasteiger charge is -2.38. The largest absolute Gasteiger partial charge is 0.368 e. The molecule has 3 heterocycles. The number of pyridine rings is 1. The van der Waals surface area contributed by atoms with E-state index in [1.54, 1.807) is 19.3 Å². The molecule has 0 amide bonds. The summed E-state index contributed by atoms with van der Waals surface area (Å²) in [7, 11) is -3.60. The summed E-state index contributed by atoms with van der Waals surface area (Å²) in [5.41, 5.74) is 2.20. The molecular formula is C23H29ClFN7O2S. The molecule has 188 valence electrons. The number of hydrogen-bond acceptors (Lipinski definition) is 7. The summed E-state index contributed by atoms with van der Waals surface area (Å²) in [6.45, 7) is 9.92. The van der Waals surface area contributed by atoms with Crippen molar-refractivity contribution in [2.24, 2.45) is 0 Å². The Morgan fingerprint density at radius 2 is 1.91 bits per heavy atom. The van der Waals surface area contributed by atoms with Crippen molar-refractivity contribution in [3.05, 3.63) is 47.6 Å². The average Bonchev–Trinajstić information content (AvgIpc) is 3.31. The number of piperazine rings is 1. The van der Waals surface area contributed by atoms with E-state index in [2.05, 4.69) is 43.7 Å². The third-order valence-corrected chi connectivity index (χ3v) is 7.82. The van der Waals surface area contributed by atoms with Crippen LogP contribution in [0.1, 0.15) is 27.2 Å². The molecule has 1 aliphatic rings. The minimum atomic E-state index is -3.60. The number of halogens is 2. The van der Waals surface area contributed by atoms with Crippen molar-refractivity contribution in [2.45, 2.75) is 33.2 Å². The van der Waals surface area contributed by atoms with E-state index in [1.807, 2.05) is 12.3 Å². The molecule has 0 atom stereocenters. The van der Waals surface area contributed by atoms with Gasteiger partial charge in [0.05, 0.1) is 34.5 Å². The van der Waals surface area contributed by atoms with Gasteiger partial charge in [-0.05, 0) is 38.5 Å². The maximum absolute atomic E-state index is 14.7. The lowest BCUT2D eigenvalue weighted by Crippen LogP contribution is -2.48. The first kappa shape index (κ1) is 25.3. The van der Waals surface area contributed by atoms with Crippen LogP contribution in [0.2, 0.25) is 5.02 Å². The molecular weight excluding hydrogens is 493 g/mol. The standard InChI is InChI=1S/C23H29ClFN7O2S/c1-4-11-35(33,34)28-20-6-5-19(25)23(22(20)24)32-15-21(27-29-32)17-12-18(14-26-13-17)31-9-7-30(8-10-31)16(2)3/h5-6,12-16,28H,4,7-11H2,1-3H3. The highest BCUT2D eigenvalue weighted by Gasteiger charge is 2.21. The Morgan fingerprint density at radius 3 is 2.60 bits per heavy atom. The average molecular weight is 522 g/mol. The van der Waals surface area contributed by atoms with Crippen molar-refractivity contribution in [2.75, 3.05) is 41.6 Å². The summed E-state index contributed by atoms with van der Waals surface area (Å²) in [5.74, 6) is -0.723. The molecule has 1 aromatic carbocycles. The number of nitrogens with zero attached hydrogens (tertiary/aromatic N) is 6. The zero-order chi connectivity index (χ0) is 25.2. The predicted octanol–water partition coefficient (Wildman–Crippen LogP) is 3.80. The van der Waals surface area contributed by atoms with E-state index >= 15 is 0 Å². The van der Waals surface area contributed by atoms with Gasteiger partial charge in [0.15, 0.2) is 5.82 Å². The molecule has 1 saturated heterocycles. The Bertz CT molecular complexity index is 1290. The van der Waals surface area contributed by atoms with Gasteiger partial charge < -0.3 is 4.90 Å². The third kappa shape index (κ3) is 5.74. The molecule has 2 aromatic heterocycles. The van der Waals surface area contributed by atoms with E-state index in [9.17, 15) is 12.8 Å². The van der Waals surface area contributed by atoms with Gasteiger partial charge in [-0.3, -0.25) is 14.6 Å². The molecule has 0 saturated carbocycles. The Hall–Kier alpha value is -2.76. The van der Waals surface area contributed by atoms with E-state index in [0.29, 0.717) is 18.2 Å². The van der Waals surface area contributed by atoms with Crippen molar-refractivity contribution in [3.8, 4) is 16.9 Å². The Labute approximate surface area is 210 Å². The molecule has 0 aliphatic carbocycles. The normalized spacial score (nSPS) is 15.1. The van der Waals surface area contributed by atoms with Crippen LogP contribution in [0.4, 0.5) is 15.8 Å². The molecule has 9 nitrogen and oxygen atoms in total. The first-order valence-electron chi connectivity index (χ1n) is 11.5. The third-order valence-electron chi connectivity index (χ3n) is 5.96. The van der Waals surface area contributed by atoms with Crippen molar-refractivity contribution in [3.63, 3.8) is 0 Å². The van der Waals surface area contributed by atoms with Gasteiger partial charge in [-0.15, -0.1) is 5.10 Å². The molecule has 0 spiro atoms. The van der Waals surface area contributed by atoms with Crippen molar-refractivity contribution >= 4 is 33.0 Å². The van der Waals surface area contributed by atoms with Crippen LogP contribution in [0.5, 0.6) is 0 Å². The molecule has 0 bridgehead atoms. The summed E-state index contributed by atoms with van der Waals surface area (Å²) in [6, 6.07) is 4.94. The first-order valence-corrected chi connectivity index (χ1v) is 13.6. The van der Waals surface area contributed by atoms with Gasteiger partial charge >= 0.3 is 0 Å². The maximum Gasteiger partial charge on any atom is 0.232 e. The molecule has 1 fully saturated rings. The van der Waals surface area contributed by atoms with Crippen LogP contribution < -0.4 is 9.62 Å². The van der Waals surface area contributed by atoms with E-state index in [0.717, 1.165) is 43.5 Å².